The Bertz CT molecular complexity index is 594. The molecule has 0 radical (unpaired) electrons. The van der Waals surface area contributed by atoms with Crippen LogP contribution in [0.25, 0.3) is 0 Å². The van der Waals surface area contributed by atoms with Crippen molar-refractivity contribution in [3.63, 3.8) is 0 Å². The van der Waals surface area contributed by atoms with Crippen molar-refractivity contribution in [3.8, 4) is 0 Å². The Morgan fingerprint density at radius 1 is 1.12 bits per heavy atom. The van der Waals surface area contributed by atoms with E-state index in [4.69, 9.17) is 4.74 Å². The number of carbonyl (C=O) groups is 2. The Balaban J connectivity index is 1.62. The maximum absolute atomic E-state index is 11.9. The highest BCUT2D eigenvalue weighted by molar-refractivity contribution is 5.91. The second kappa shape index (κ2) is 5.44. The molecule has 0 saturated heterocycles. The number of carbonyl (C=O) groups excluding carboxylic acids is 2. The lowest BCUT2D eigenvalue weighted by Crippen LogP contribution is -2.53. The highest BCUT2D eigenvalue weighted by Crippen LogP contribution is 2.65. The summed E-state index contributed by atoms with van der Waals surface area (Å²) >= 11 is 0. The molecule has 0 aliphatic heterocycles. The number of ether oxygens (including phenoxy) is 1. The van der Waals surface area contributed by atoms with Gasteiger partial charge in [0.2, 0.25) is 0 Å². The van der Waals surface area contributed by atoms with E-state index in [1.165, 1.54) is 25.7 Å². The number of fused-ring (bicyclic) bond motifs is 5. The number of hydrogen-bond acceptors (Lipinski definition) is 3. The summed E-state index contributed by atoms with van der Waals surface area (Å²) in [5.74, 6) is 2.80. The Kier molecular flexibility index (Phi) is 3.71. The molecule has 7 atom stereocenters. The van der Waals surface area contributed by atoms with Crippen LogP contribution < -0.4 is 0 Å². The van der Waals surface area contributed by atoms with Gasteiger partial charge in [-0.25, -0.2) is 0 Å². The van der Waals surface area contributed by atoms with E-state index in [0.29, 0.717) is 23.5 Å². The summed E-state index contributed by atoms with van der Waals surface area (Å²) in [5.41, 5.74) is 0.349. The summed E-state index contributed by atoms with van der Waals surface area (Å²) < 4.78 is 5.71. The molecule has 3 fully saturated rings. The predicted octanol–water partition coefficient (Wildman–Crippen LogP) is 4.31. The largest absolute Gasteiger partial charge is 0.462 e. The van der Waals surface area contributed by atoms with Crippen molar-refractivity contribution in [2.45, 2.75) is 71.8 Å². The van der Waals surface area contributed by atoms with Gasteiger partial charge < -0.3 is 4.74 Å². The third-order valence-electron chi connectivity index (χ3n) is 8.26. The predicted molar refractivity (Wildman–Crippen MR) is 92.2 cm³/mol. The van der Waals surface area contributed by atoms with Crippen LogP contribution in [0, 0.1) is 34.5 Å². The van der Waals surface area contributed by atoms with E-state index in [9.17, 15) is 9.59 Å². The molecular weight excluding hydrogens is 300 g/mol. The Hall–Kier alpha value is -1.12. The van der Waals surface area contributed by atoms with Gasteiger partial charge in [-0.15, -0.1) is 0 Å². The first-order valence-corrected chi connectivity index (χ1v) is 9.74. The second-order valence-electron chi connectivity index (χ2n) is 9.24. The zero-order valence-corrected chi connectivity index (χ0v) is 15.2. The number of rotatable bonds is 1. The van der Waals surface area contributed by atoms with Crippen LogP contribution >= 0.6 is 0 Å². The van der Waals surface area contributed by atoms with Crippen LogP contribution in [0.5, 0.6) is 0 Å². The Labute approximate surface area is 145 Å². The van der Waals surface area contributed by atoms with Gasteiger partial charge in [0.1, 0.15) is 6.10 Å². The lowest BCUT2D eigenvalue weighted by molar-refractivity contribution is -0.158. The minimum absolute atomic E-state index is 0.106. The normalized spacial score (nSPS) is 50.0. The SMILES string of the molecule is CC(=O)OC1CCC2C3CCC4CC(=O)C=CC4(C)C3CCC12C. The van der Waals surface area contributed by atoms with Crippen LogP contribution in [0.4, 0.5) is 0 Å². The third-order valence-corrected chi connectivity index (χ3v) is 8.26. The van der Waals surface area contributed by atoms with Crippen LogP contribution in [0.2, 0.25) is 0 Å². The van der Waals surface area contributed by atoms with E-state index in [0.717, 1.165) is 25.2 Å². The first kappa shape index (κ1) is 16.4. The molecule has 0 aromatic rings. The highest BCUT2D eigenvalue weighted by atomic mass is 16.5. The summed E-state index contributed by atoms with van der Waals surface area (Å²) in [7, 11) is 0. The molecule has 0 heterocycles. The molecule has 0 bridgehead atoms. The van der Waals surface area contributed by atoms with E-state index in [2.05, 4.69) is 19.9 Å². The fourth-order valence-corrected chi connectivity index (χ4v) is 6.98. The van der Waals surface area contributed by atoms with Crippen molar-refractivity contribution >= 4 is 11.8 Å². The molecule has 132 valence electrons. The van der Waals surface area contributed by atoms with Gasteiger partial charge in [-0.2, -0.15) is 0 Å². The maximum Gasteiger partial charge on any atom is 0.302 e. The van der Waals surface area contributed by atoms with Crippen molar-refractivity contribution in [1.29, 1.82) is 0 Å². The average Bonchev–Trinajstić information content (AvgIpc) is 2.84. The number of allylic oxidation sites excluding steroid dienone is 2. The quantitative estimate of drug-likeness (QED) is 0.673. The van der Waals surface area contributed by atoms with Crippen molar-refractivity contribution in [3.05, 3.63) is 12.2 Å². The first-order chi connectivity index (χ1) is 11.3. The van der Waals surface area contributed by atoms with Crippen LogP contribution in [0.15, 0.2) is 12.2 Å². The van der Waals surface area contributed by atoms with E-state index < -0.39 is 0 Å². The lowest BCUT2D eigenvalue weighted by atomic mass is 9.46. The van der Waals surface area contributed by atoms with E-state index >= 15 is 0 Å². The molecule has 0 spiro atoms. The lowest BCUT2D eigenvalue weighted by Gasteiger charge is -2.58. The fraction of sp³-hybridized carbons (Fsp3) is 0.810. The minimum Gasteiger partial charge on any atom is -0.462 e. The van der Waals surface area contributed by atoms with E-state index in [1.807, 2.05) is 6.08 Å². The van der Waals surface area contributed by atoms with Gasteiger partial charge in [0.05, 0.1) is 0 Å². The first-order valence-electron chi connectivity index (χ1n) is 9.74. The standard InChI is InChI=1S/C21H30O3/c1-13(22)24-19-7-6-17-16-5-4-14-12-15(23)8-10-20(14,2)18(16)9-11-21(17,19)3/h8,10,14,16-19H,4-7,9,11-12H2,1-3H3. The molecule has 3 nitrogen and oxygen atoms in total. The van der Waals surface area contributed by atoms with Crippen LogP contribution in [-0.4, -0.2) is 17.9 Å². The van der Waals surface area contributed by atoms with Crippen LogP contribution in [0.3, 0.4) is 0 Å². The fourth-order valence-electron chi connectivity index (χ4n) is 6.98. The van der Waals surface area contributed by atoms with Crippen molar-refractivity contribution in [2.75, 3.05) is 0 Å². The van der Waals surface area contributed by atoms with Gasteiger partial charge >= 0.3 is 5.97 Å². The number of esters is 1. The summed E-state index contributed by atoms with van der Waals surface area (Å²) in [6, 6.07) is 0. The number of hydrogen-bond donors (Lipinski definition) is 0. The summed E-state index contributed by atoms with van der Waals surface area (Å²) in [5, 5.41) is 0. The van der Waals surface area contributed by atoms with Crippen LogP contribution in [0.1, 0.15) is 65.7 Å². The smallest absolute Gasteiger partial charge is 0.302 e. The van der Waals surface area contributed by atoms with Gasteiger partial charge in [0, 0.05) is 18.8 Å². The third kappa shape index (κ3) is 2.23. The maximum atomic E-state index is 11.9. The van der Waals surface area contributed by atoms with E-state index in [1.54, 1.807) is 6.92 Å². The van der Waals surface area contributed by atoms with Crippen molar-refractivity contribution in [2.24, 2.45) is 34.5 Å². The molecular formula is C21H30O3. The van der Waals surface area contributed by atoms with Crippen molar-refractivity contribution in [1.82, 2.24) is 0 Å². The molecule has 3 heteroatoms. The molecule has 7 unspecified atom stereocenters. The van der Waals surface area contributed by atoms with Gasteiger partial charge in [-0.05, 0) is 73.7 Å². The monoisotopic (exact) mass is 330 g/mol. The second-order valence-corrected chi connectivity index (χ2v) is 9.24. The molecule has 24 heavy (non-hydrogen) atoms. The van der Waals surface area contributed by atoms with Gasteiger partial charge in [-0.1, -0.05) is 19.9 Å². The molecule has 0 amide bonds. The highest BCUT2D eigenvalue weighted by Gasteiger charge is 2.60. The molecule has 4 aliphatic rings. The topological polar surface area (TPSA) is 43.4 Å². The molecule has 0 N–H and O–H groups in total. The minimum atomic E-state index is -0.131. The van der Waals surface area contributed by atoms with Gasteiger partial charge in [-0.3, -0.25) is 9.59 Å². The van der Waals surface area contributed by atoms with Gasteiger partial charge in [0.15, 0.2) is 5.78 Å². The van der Waals surface area contributed by atoms with Crippen LogP contribution in [-0.2, 0) is 14.3 Å². The Morgan fingerprint density at radius 3 is 2.67 bits per heavy atom. The Morgan fingerprint density at radius 2 is 1.92 bits per heavy atom. The molecule has 4 aliphatic carbocycles. The summed E-state index contributed by atoms with van der Waals surface area (Å²) in [6.45, 7) is 6.31. The van der Waals surface area contributed by atoms with Gasteiger partial charge in [0.25, 0.3) is 0 Å². The zero-order valence-electron chi connectivity index (χ0n) is 15.2. The summed E-state index contributed by atoms with van der Waals surface area (Å²) in [4.78, 5) is 23.4. The average molecular weight is 330 g/mol. The molecule has 4 rings (SSSR count). The number of ketones is 1. The van der Waals surface area contributed by atoms with E-state index in [-0.39, 0.29) is 22.9 Å². The molecule has 0 aromatic carbocycles. The summed E-state index contributed by atoms with van der Waals surface area (Å²) in [6.07, 6.45) is 12.0. The molecule has 3 saturated carbocycles. The molecule has 0 aromatic heterocycles. The zero-order chi connectivity index (χ0) is 17.1. The van der Waals surface area contributed by atoms with Crippen molar-refractivity contribution < 1.29 is 14.3 Å².